The van der Waals surface area contributed by atoms with Crippen LogP contribution in [0, 0.1) is 11.6 Å². The molecule has 1 amide bonds. The predicted molar refractivity (Wildman–Crippen MR) is 137 cm³/mol. The molecule has 1 aromatic heterocycles. The number of rotatable bonds is 7. The molecule has 4 rings (SSSR count). The van der Waals surface area contributed by atoms with E-state index in [1.54, 1.807) is 30.5 Å². The summed E-state index contributed by atoms with van der Waals surface area (Å²) in [6, 6.07) is 15.9. The Bertz CT molecular complexity index is 1400. The number of hydrogen-bond acceptors (Lipinski definition) is 3. The number of carbonyl (C=O) groups excluding carboxylic acids is 1. The summed E-state index contributed by atoms with van der Waals surface area (Å²) in [5, 5.41) is 1.55. The van der Waals surface area contributed by atoms with Crippen molar-refractivity contribution in [3.05, 3.63) is 111 Å². The maximum Gasteiger partial charge on any atom is 0.251 e. The second-order valence-electron chi connectivity index (χ2n) is 8.46. The van der Waals surface area contributed by atoms with Gasteiger partial charge in [-0.3, -0.25) is 9.36 Å². The molecule has 180 valence electrons. The fourth-order valence-electron chi connectivity index (χ4n) is 3.75. The number of nitrogens with two attached hydrogens (primary N) is 1. The minimum absolute atomic E-state index is 0.155. The number of amides is 1. The summed E-state index contributed by atoms with van der Waals surface area (Å²) in [6.45, 7) is 4.08. The standard InChI is InChI=1S/C26H21Cl2F2N3OS/c1-26(2,16-4-10-20(27)21(28)12-16)23-13-32-25(33(23)18-7-5-17(29)6-8-18)35-14-15-3-9-19(24(31)34)22(30)11-15/h3-13H,14H2,1-2H3,(H2,31,34). The van der Waals surface area contributed by atoms with Gasteiger partial charge in [0, 0.05) is 16.9 Å². The number of carbonyl (C=O) groups is 1. The van der Waals surface area contributed by atoms with Crippen molar-refractivity contribution in [1.29, 1.82) is 0 Å². The first-order valence-corrected chi connectivity index (χ1v) is 12.3. The van der Waals surface area contributed by atoms with Crippen LogP contribution in [0.4, 0.5) is 8.78 Å². The number of primary amides is 1. The molecule has 0 aliphatic carbocycles. The number of imidazole rings is 1. The Morgan fingerprint density at radius 3 is 2.37 bits per heavy atom. The maximum absolute atomic E-state index is 14.2. The molecule has 0 aliphatic heterocycles. The normalized spacial score (nSPS) is 11.6. The van der Waals surface area contributed by atoms with Crippen LogP contribution in [0.1, 0.15) is 41.0 Å². The van der Waals surface area contributed by atoms with Crippen molar-refractivity contribution in [2.24, 2.45) is 5.73 Å². The van der Waals surface area contributed by atoms with Crippen LogP contribution in [0.25, 0.3) is 5.69 Å². The van der Waals surface area contributed by atoms with Crippen molar-refractivity contribution in [2.75, 3.05) is 0 Å². The fraction of sp³-hybridized carbons (Fsp3) is 0.154. The molecule has 1 heterocycles. The highest BCUT2D eigenvalue weighted by atomic mass is 35.5. The van der Waals surface area contributed by atoms with Crippen LogP contribution in [-0.4, -0.2) is 15.5 Å². The summed E-state index contributed by atoms with van der Waals surface area (Å²) in [5.41, 5.74) is 7.66. The average Bonchev–Trinajstić information content (AvgIpc) is 3.24. The highest BCUT2D eigenvalue weighted by Gasteiger charge is 2.30. The van der Waals surface area contributed by atoms with E-state index in [0.29, 0.717) is 26.5 Å². The van der Waals surface area contributed by atoms with Gasteiger partial charge in [-0.1, -0.05) is 60.9 Å². The monoisotopic (exact) mass is 531 g/mol. The molecule has 0 radical (unpaired) electrons. The average molecular weight is 532 g/mol. The van der Waals surface area contributed by atoms with Gasteiger partial charge in [0.25, 0.3) is 5.91 Å². The van der Waals surface area contributed by atoms with E-state index in [-0.39, 0.29) is 11.4 Å². The van der Waals surface area contributed by atoms with Crippen molar-refractivity contribution < 1.29 is 13.6 Å². The highest BCUT2D eigenvalue weighted by Crippen LogP contribution is 2.38. The van der Waals surface area contributed by atoms with Crippen molar-refractivity contribution in [2.45, 2.75) is 30.2 Å². The van der Waals surface area contributed by atoms with E-state index in [0.717, 1.165) is 16.9 Å². The zero-order valence-electron chi connectivity index (χ0n) is 18.9. The lowest BCUT2D eigenvalue weighted by Gasteiger charge is -2.28. The van der Waals surface area contributed by atoms with E-state index in [1.807, 2.05) is 30.5 Å². The molecule has 0 unspecified atom stereocenters. The third-order valence-corrected chi connectivity index (χ3v) is 7.53. The first kappa shape index (κ1) is 25.2. The van der Waals surface area contributed by atoms with Crippen molar-refractivity contribution in [1.82, 2.24) is 9.55 Å². The Morgan fingerprint density at radius 1 is 1.03 bits per heavy atom. The van der Waals surface area contributed by atoms with Crippen LogP contribution in [-0.2, 0) is 11.2 Å². The van der Waals surface area contributed by atoms with E-state index < -0.39 is 17.1 Å². The maximum atomic E-state index is 14.2. The SMILES string of the molecule is CC(C)(c1ccc(Cl)c(Cl)c1)c1cnc(SCc2ccc(C(N)=O)c(F)c2)n1-c1ccc(F)cc1. The first-order chi connectivity index (χ1) is 16.6. The van der Waals surface area contributed by atoms with Gasteiger partial charge in [-0.15, -0.1) is 0 Å². The van der Waals surface area contributed by atoms with E-state index in [4.69, 9.17) is 28.9 Å². The molecule has 3 aromatic carbocycles. The summed E-state index contributed by atoms with van der Waals surface area (Å²) in [6.07, 6.45) is 1.77. The van der Waals surface area contributed by atoms with E-state index in [2.05, 4.69) is 4.98 Å². The van der Waals surface area contributed by atoms with Gasteiger partial charge in [0.2, 0.25) is 0 Å². The van der Waals surface area contributed by atoms with Gasteiger partial charge in [-0.05, 0) is 59.7 Å². The van der Waals surface area contributed by atoms with Gasteiger partial charge in [0.15, 0.2) is 5.16 Å². The summed E-state index contributed by atoms with van der Waals surface area (Å²) in [7, 11) is 0. The second-order valence-corrected chi connectivity index (χ2v) is 10.2. The molecule has 0 fully saturated rings. The Balaban J connectivity index is 1.74. The van der Waals surface area contributed by atoms with Gasteiger partial charge >= 0.3 is 0 Å². The summed E-state index contributed by atoms with van der Waals surface area (Å²) >= 11 is 13.8. The van der Waals surface area contributed by atoms with Gasteiger partial charge in [-0.25, -0.2) is 13.8 Å². The molecule has 4 nitrogen and oxygen atoms in total. The van der Waals surface area contributed by atoms with Crippen LogP contribution < -0.4 is 5.73 Å². The summed E-state index contributed by atoms with van der Waals surface area (Å²) in [4.78, 5) is 15.9. The number of hydrogen-bond donors (Lipinski definition) is 1. The van der Waals surface area contributed by atoms with Gasteiger partial charge in [0.1, 0.15) is 11.6 Å². The number of halogens is 4. The quantitative estimate of drug-likeness (QED) is 0.257. The minimum Gasteiger partial charge on any atom is -0.366 e. The molecule has 35 heavy (non-hydrogen) atoms. The van der Waals surface area contributed by atoms with E-state index in [9.17, 15) is 13.6 Å². The number of benzene rings is 3. The topological polar surface area (TPSA) is 60.9 Å². The predicted octanol–water partition coefficient (Wildman–Crippen LogP) is 7.17. The van der Waals surface area contributed by atoms with Crippen molar-refractivity contribution in [3.8, 4) is 5.69 Å². The van der Waals surface area contributed by atoms with Crippen LogP contribution in [0.5, 0.6) is 0 Å². The lowest BCUT2D eigenvalue weighted by molar-refractivity contribution is 0.0996. The Hall–Kier alpha value is -2.87. The molecule has 0 atom stereocenters. The Kier molecular flexibility index (Phi) is 7.22. The van der Waals surface area contributed by atoms with Crippen LogP contribution >= 0.6 is 35.0 Å². The van der Waals surface area contributed by atoms with Crippen LogP contribution in [0.2, 0.25) is 10.0 Å². The molecular formula is C26H21Cl2F2N3OS. The molecule has 2 N–H and O–H groups in total. The van der Waals surface area contributed by atoms with Crippen molar-refractivity contribution >= 4 is 40.9 Å². The number of nitrogens with zero attached hydrogens (tertiary/aromatic N) is 2. The molecule has 0 aliphatic rings. The number of aromatic nitrogens is 2. The summed E-state index contributed by atoms with van der Waals surface area (Å²) < 4.78 is 29.9. The zero-order chi connectivity index (χ0) is 25.3. The van der Waals surface area contributed by atoms with Gasteiger partial charge in [0.05, 0.1) is 27.5 Å². The van der Waals surface area contributed by atoms with Crippen LogP contribution in [0.3, 0.4) is 0 Å². The number of thioether (sulfide) groups is 1. The lowest BCUT2D eigenvalue weighted by Crippen LogP contribution is -2.23. The second kappa shape index (κ2) is 10.0. The Morgan fingerprint density at radius 2 is 1.74 bits per heavy atom. The smallest absolute Gasteiger partial charge is 0.251 e. The molecule has 0 saturated carbocycles. The van der Waals surface area contributed by atoms with Gasteiger partial charge < -0.3 is 5.73 Å². The lowest BCUT2D eigenvalue weighted by atomic mass is 9.81. The van der Waals surface area contributed by atoms with E-state index >= 15 is 0 Å². The van der Waals surface area contributed by atoms with E-state index in [1.165, 1.54) is 36.0 Å². The molecule has 4 aromatic rings. The summed E-state index contributed by atoms with van der Waals surface area (Å²) in [5.74, 6) is -1.44. The molecule has 0 spiro atoms. The molecule has 0 bridgehead atoms. The van der Waals surface area contributed by atoms with Crippen LogP contribution in [0.15, 0.2) is 72.0 Å². The Labute approximate surface area is 216 Å². The molecular weight excluding hydrogens is 511 g/mol. The van der Waals surface area contributed by atoms with Crippen molar-refractivity contribution in [3.63, 3.8) is 0 Å². The fourth-order valence-corrected chi connectivity index (χ4v) is 4.98. The molecule has 9 heteroatoms. The first-order valence-electron chi connectivity index (χ1n) is 10.6. The largest absolute Gasteiger partial charge is 0.366 e. The zero-order valence-corrected chi connectivity index (χ0v) is 21.2. The highest BCUT2D eigenvalue weighted by molar-refractivity contribution is 7.98. The minimum atomic E-state index is -0.817. The molecule has 0 saturated heterocycles. The third kappa shape index (κ3) is 5.22. The van der Waals surface area contributed by atoms with Gasteiger partial charge in [-0.2, -0.15) is 0 Å². The third-order valence-electron chi connectivity index (χ3n) is 5.76.